The molecule has 1 aromatic heterocycles. The van der Waals surface area contributed by atoms with E-state index in [2.05, 4.69) is 0 Å². The molecule has 0 radical (unpaired) electrons. The predicted octanol–water partition coefficient (Wildman–Crippen LogP) is 3.10. The Kier molecular flexibility index (Phi) is 2.56. The van der Waals surface area contributed by atoms with Crippen LogP contribution in [-0.2, 0) is 0 Å². The first kappa shape index (κ1) is 10.5. The Morgan fingerprint density at radius 3 is 2.25 bits per heavy atom. The SMILES string of the molecule is Cc1ccc(C(=O)c2cc(F)cc(F)c2)o1. The second-order valence-electron chi connectivity index (χ2n) is 3.40. The van der Waals surface area contributed by atoms with Crippen molar-refractivity contribution >= 4 is 5.78 Å². The van der Waals surface area contributed by atoms with Crippen molar-refractivity contribution in [2.75, 3.05) is 0 Å². The molecule has 0 saturated carbocycles. The number of hydrogen-bond donors (Lipinski definition) is 0. The average Bonchev–Trinajstić information content (AvgIpc) is 2.62. The quantitative estimate of drug-likeness (QED) is 0.731. The van der Waals surface area contributed by atoms with Gasteiger partial charge in [-0.3, -0.25) is 4.79 Å². The third-order valence-corrected chi connectivity index (χ3v) is 2.09. The molecule has 2 nitrogen and oxygen atoms in total. The topological polar surface area (TPSA) is 30.2 Å². The van der Waals surface area contributed by atoms with Gasteiger partial charge < -0.3 is 4.42 Å². The summed E-state index contributed by atoms with van der Waals surface area (Å²) in [4.78, 5) is 11.7. The Labute approximate surface area is 90.5 Å². The summed E-state index contributed by atoms with van der Waals surface area (Å²) in [7, 11) is 0. The van der Waals surface area contributed by atoms with Crippen molar-refractivity contribution in [2.24, 2.45) is 0 Å². The number of halogens is 2. The molecule has 2 rings (SSSR count). The van der Waals surface area contributed by atoms with Gasteiger partial charge in [0.1, 0.15) is 17.4 Å². The van der Waals surface area contributed by atoms with Gasteiger partial charge in [0.15, 0.2) is 5.76 Å². The number of benzene rings is 1. The zero-order valence-corrected chi connectivity index (χ0v) is 8.46. The van der Waals surface area contributed by atoms with Crippen LogP contribution in [0.1, 0.15) is 21.9 Å². The lowest BCUT2D eigenvalue weighted by Crippen LogP contribution is -2.01. The summed E-state index contributed by atoms with van der Waals surface area (Å²) < 4.78 is 30.9. The molecule has 0 saturated heterocycles. The minimum absolute atomic E-state index is 0.0631. The number of aryl methyl sites for hydroxylation is 1. The molecule has 0 N–H and O–H groups in total. The number of hydrogen-bond acceptors (Lipinski definition) is 2. The Hall–Kier alpha value is -1.97. The highest BCUT2D eigenvalue weighted by Gasteiger charge is 2.14. The standard InChI is InChI=1S/C12H8F2O2/c1-7-2-3-11(16-7)12(15)8-4-9(13)6-10(14)5-8/h2-6H,1H3. The molecule has 2 aromatic rings. The summed E-state index contributed by atoms with van der Waals surface area (Å²) >= 11 is 0. The number of rotatable bonds is 2. The maximum absolute atomic E-state index is 12.9. The fourth-order valence-electron chi connectivity index (χ4n) is 1.38. The van der Waals surface area contributed by atoms with Gasteiger partial charge in [-0.1, -0.05) is 0 Å². The second-order valence-corrected chi connectivity index (χ2v) is 3.40. The maximum atomic E-state index is 12.9. The fraction of sp³-hybridized carbons (Fsp3) is 0.0833. The maximum Gasteiger partial charge on any atom is 0.228 e. The van der Waals surface area contributed by atoms with Crippen molar-refractivity contribution in [2.45, 2.75) is 6.92 Å². The van der Waals surface area contributed by atoms with Crippen LogP contribution >= 0.6 is 0 Å². The summed E-state index contributed by atoms with van der Waals surface area (Å²) in [6.07, 6.45) is 0. The first-order chi connectivity index (χ1) is 7.56. The van der Waals surface area contributed by atoms with Crippen molar-refractivity contribution in [3.8, 4) is 0 Å². The summed E-state index contributed by atoms with van der Waals surface area (Å²) in [5.74, 6) is -1.47. The van der Waals surface area contributed by atoms with Crippen LogP contribution < -0.4 is 0 Å². The lowest BCUT2D eigenvalue weighted by atomic mass is 10.1. The van der Waals surface area contributed by atoms with Crippen molar-refractivity contribution in [1.29, 1.82) is 0 Å². The van der Waals surface area contributed by atoms with E-state index in [0.717, 1.165) is 12.1 Å². The molecule has 0 bridgehead atoms. The third kappa shape index (κ3) is 2.00. The van der Waals surface area contributed by atoms with E-state index in [1.54, 1.807) is 13.0 Å². The average molecular weight is 222 g/mol. The zero-order chi connectivity index (χ0) is 11.7. The zero-order valence-electron chi connectivity index (χ0n) is 8.46. The van der Waals surface area contributed by atoms with Crippen molar-refractivity contribution in [1.82, 2.24) is 0 Å². The molecule has 0 amide bonds. The first-order valence-corrected chi connectivity index (χ1v) is 4.63. The molecule has 0 aliphatic rings. The van der Waals surface area contributed by atoms with E-state index in [1.807, 2.05) is 0 Å². The van der Waals surface area contributed by atoms with Gasteiger partial charge in [-0.15, -0.1) is 0 Å². The molecule has 0 aliphatic carbocycles. The van der Waals surface area contributed by atoms with Gasteiger partial charge in [-0.2, -0.15) is 0 Å². The summed E-state index contributed by atoms with van der Waals surface area (Å²) in [6, 6.07) is 5.75. The van der Waals surface area contributed by atoms with Gasteiger partial charge in [0.2, 0.25) is 5.78 Å². The molecule has 0 unspecified atom stereocenters. The number of carbonyl (C=O) groups excluding carboxylic acids is 1. The molecule has 0 atom stereocenters. The van der Waals surface area contributed by atoms with E-state index in [0.29, 0.717) is 11.8 Å². The summed E-state index contributed by atoms with van der Waals surface area (Å²) in [5, 5.41) is 0. The summed E-state index contributed by atoms with van der Waals surface area (Å²) in [5.41, 5.74) is -0.0631. The number of ketones is 1. The van der Waals surface area contributed by atoms with Crippen molar-refractivity contribution in [3.05, 3.63) is 59.1 Å². The molecule has 82 valence electrons. The van der Waals surface area contributed by atoms with Crippen molar-refractivity contribution in [3.63, 3.8) is 0 Å². The van der Waals surface area contributed by atoms with Crippen LogP contribution in [0.15, 0.2) is 34.7 Å². The third-order valence-electron chi connectivity index (χ3n) is 2.09. The largest absolute Gasteiger partial charge is 0.458 e. The minimum Gasteiger partial charge on any atom is -0.458 e. The van der Waals surface area contributed by atoms with Gasteiger partial charge in [0.25, 0.3) is 0 Å². The number of carbonyl (C=O) groups is 1. The monoisotopic (exact) mass is 222 g/mol. The predicted molar refractivity (Wildman–Crippen MR) is 53.2 cm³/mol. The van der Waals surface area contributed by atoms with Crippen LogP contribution in [0.25, 0.3) is 0 Å². The van der Waals surface area contributed by atoms with Crippen LogP contribution in [0.5, 0.6) is 0 Å². The minimum atomic E-state index is -0.786. The molecule has 0 aliphatic heterocycles. The van der Waals surface area contributed by atoms with Crippen molar-refractivity contribution < 1.29 is 18.0 Å². The first-order valence-electron chi connectivity index (χ1n) is 4.63. The Bertz CT molecular complexity index is 523. The number of furan rings is 1. The van der Waals surface area contributed by atoms with E-state index < -0.39 is 17.4 Å². The lowest BCUT2D eigenvalue weighted by Gasteiger charge is -1.98. The van der Waals surface area contributed by atoms with Crippen LogP contribution in [0.4, 0.5) is 8.78 Å². The molecular formula is C12H8F2O2. The van der Waals surface area contributed by atoms with Crippen LogP contribution in [0.3, 0.4) is 0 Å². The smallest absolute Gasteiger partial charge is 0.228 e. The Morgan fingerprint density at radius 2 is 1.75 bits per heavy atom. The van der Waals surface area contributed by atoms with E-state index >= 15 is 0 Å². The Morgan fingerprint density at radius 1 is 1.12 bits per heavy atom. The van der Waals surface area contributed by atoms with Crippen LogP contribution in [-0.4, -0.2) is 5.78 Å². The van der Waals surface area contributed by atoms with Gasteiger partial charge in [0.05, 0.1) is 0 Å². The molecule has 16 heavy (non-hydrogen) atoms. The fourth-order valence-corrected chi connectivity index (χ4v) is 1.38. The van der Waals surface area contributed by atoms with E-state index in [4.69, 9.17) is 4.42 Å². The van der Waals surface area contributed by atoms with E-state index in [1.165, 1.54) is 6.07 Å². The highest BCUT2D eigenvalue weighted by atomic mass is 19.1. The van der Waals surface area contributed by atoms with Gasteiger partial charge >= 0.3 is 0 Å². The molecule has 1 heterocycles. The van der Waals surface area contributed by atoms with Crippen LogP contribution in [0.2, 0.25) is 0 Å². The molecular weight excluding hydrogens is 214 g/mol. The Balaban J connectivity index is 2.41. The second kappa shape index (κ2) is 3.89. The highest BCUT2D eigenvalue weighted by Crippen LogP contribution is 2.15. The molecule has 0 spiro atoms. The molecule has 1 aromatic carbocycles. The van der Waals surface area contributed by atoms with Crippen LogP contribution in [0, 0.1) is 18.6 Å². The lowest BCUT2D eigenvalue weighted by molar-refractivity contribution is 0.101. The van der Waals surface area contributed by atoms with E-state index in [-0.39, 0.29) is 11.3 Å². The van der Waals surface area contributed by atoms with Gasteiger partial charge in [-0.05, 0) is 31.2 Å². The molecule has 0 fully saturated rings. The normalized spacial score (nSPS) is 10.4. The summed E-state index contributed by atoms with van der Waals surface area (Å²) in [6.45, 7) is 1.68. The van der Waals surface area contributed by atoms with Gasteiger partial charge in [-0.25, -0.2) is 8.78 Å². The van der Waals surface area contributed by atoms with E-state index in [9.17, 15) is 13.6 Å². The van der Waals surface area contributed by atoms with Gasteiger partial charge in [0, 0.05) is 11.6 Å². The molecule has 4 heteroatoms. The highest BCUT2D eigenvalue weighted by molar-refractivity contribution is 6.07.